The second kappa shape index (κ2) is 6.02. The molecule has 2 atom stereocenters. The Kier molecular flexibility index (Phi) is 4.11. The fraction of sp³-hybridized carbons (Fsp3) is 0.500. The van der Waals surface area contributed by atoms with Crippen molar-refractivity contribution in [3.8, 4) is 0 Å². The molecule has 3 nitrogen and oxygen atoms in total. The summed E-state index contributed by atoms with van der Waals surface area (Å²) in [5, 5.41) is 1.21. The molecule has 1 aromatic carbocycles. The maximum atomic E-state index is 6.06. The Balaban J connectivity index is 2.08. The smallest absolute Gasteiger partial charge is 0.132 e. The van der Waals surface area contributed by atoms with Crippen LogP contribution >= 0.6 is 0 Å². The normalized spacial score (nSPS) is 20.7. The van der Waals surface area contributed by atoms with E-state index in [9.17, 15) is 0 Å². The molecule has 2 aromatic rings. The number of pyridine rings is 1. The summed E-state index contributed by atoms with van der Waals surface area (Å²) in [6, 6.07) is 11.4. The Labute approximate surface area is 127 Å². The highest BCUT2D eigenvalue weighted by Crippen LogP contribution is 2.29. The molecule has 112 valence electrons. The SMILES string of the molecule is CC(N)Cc1cc2ccccc2nc1N1CCCCC1C. The lowest BCUT2D eigenvalue weighted by Crippen LogP contribution is -2.39. The molecule has 0 aliphatic carbocycles. The molecule has 3 heteroatoms. The van der Waals surface area contributed by atoms with E-state index in [0.717, 1.165) is 24.3 Å². The number of fused-ring (bicyclic) bond motifs is 1. The molecule has 2 heterocycles. The number of piperidine rings is 1. The van der Waals surface area contributed by atoms with E-state index in [1.165, 1.54) is 30.2 Å². The van der Waals surface area contributed by atoms with Crippen molar-refractivity contribution in [1.82, 2.24) is 4.98 Å². The van der Waals surface area contributed by atoms with Crippen molar-refractivity contribution in [2.24, 2.45) is 5.73 Å². The first-order chi connectivity index (χ1) is 10.1. The van der Waals surface area contributed by atoms with Gasteiger partial charge in [-0.05, 0) is 57.2 Å². The Hall–Kier alpha value is -1.61. The molecule has 0 bridgehead atoms. The third-order valence-electron chi connectivity index (χ3n) is 4.40. The summed E-state index contributed by atoms with van der Waals surface area (Å²) in [6.45, 7) is 5.49. The molecule has 0 amide bonds. The number of rotatable bonds is 3. The average molecular weight is 283 g/mol. The van der Waals surface area contributed by atoms with E-state index in [1.807, 2.05) is 0 Å². The second-order valence-electron chi connectivity index (χ2n) is 6.38. The first-order valence-corrected chi connectivity index (χ1v) is 8.06. The second-order valence-corrected chi connectivity index (χ2v) is 6.38. The minimum absolute atomic E-state index is 0.159. The summed E-state index contributed by atoms with van der Waals surface area (Å²) in [5.41, 5.74) is 8.43. The summed E-state index contributed by atoms with van der Waals surface area (Å²) in [4.78, 5) is 7.45. The number of aromatic nitrogens is 1. The number of hydrogen-bond acceptors (Lipinski definition) is 3. The standard InChI is InChI=1S/C18H25N3/c1-13(19)11-16-12-15-8-3-4-9-17(15)20-18(16)21-10-6-5-7-14(21)2/h3-4,8-9,12-14H,5-7,10-11,19H2,1-2H3. The zero-order valence-corrected chi connectivity index (χ0v) is 13.0. The van der Waals surface area contributed by atoms with Gasteiger partial charge in [-0.15, -0.1) is 0 Å². The highest BCUT2D eigenvalue weighted by atomic mass is 15.2. The van der Waals surface area contributed by atoms with Gasteiger partial charge in [-0.2, -0.15) is 0 Å². The highest BCUT2D eigenvalue weighted by molar-refractivity contribution is 5.82. The maximum Gasteiger partial charge on any atom is 0.132 e. The van der Waals surface area contributed by atoms with Crippen LogP contribution in [0.1, 0.15) is 38.7 Å². The summed E-state index contributed by atoms with van der Waals surface area (Å²) in [5.74, 6) is 1.15. The molecule has 3 rings (SSSR count). The lowest BCUT2D eigenvalue weighted by Gasteiger charge is -2.36. The Morgan fingerprint density at radius 3 is 2.90 bits per heavy atom. The van der Waals surface area contributed by atoms with Crippen molar-refractivity contribution in [2.75, 3.05) is 11.4 Å². The zero-order valence-electron chi connectivity index (χ0n) is 13.0. The Morgan fingerprint density at radius 1 is 1.33 bits per heavy atom. The van der Waals surface area contributed by atoms with Crippen molar-refractivity contribution in [3.63, 3.8) is 0 Å². The summed E-state index contributed by atoms with van der Waals surface area (Å²) < 4.78 is 0. The van der Waals surface area contributed by atoms with Crippen LogP contribution in [0.2, 0.25) is 0 Å². The van der Waals surface area contributed by atoms with Crippen molar-refractivity contribution >= 4 is 16.7 Å². The predicted octanol–water partition coefficient (Wildman–Crippen LogP) is 3.50. The summed E-state index contributed by atoms with van der Waals surface area (Å²) in [7, 11) is 0. The number of para-hydroxylation sites is 1. The molecule has 1 aliphatic heterocycles. The first-order valence-electron chi connectivity index (χ1n) is 8.06. The lowest BCUT2D eigenvalue weighted by molar-refractivity contribution is 0.480. The van der Waals surface area contributed by atoms with E-state index in [-0.39, 0.29) is 6.04 Å². The third kappa shape index (κ3) is 3.03. The van der Waals surface area contributed by atoms with Crippen molar-refractivity contribution in [1.29, 1.82) is 0 Å². The fourth-order valence-electron chi connectivity index (χ4n) is 3.31. The molecule has 1 aliphatic rings. The van der Waals surface area contributed by atoms with Crippen LogP contribution in [0.4, 0.5) is 5.82 Å². The van der Waals surface area contributed by atoms with Gasteiger partial charge in [-0.1, -0.05) is 18.2 Å². The molecule has 1 aromatic heterocycles. The Bertz CT molecular complexity index is 621. The number of nitrogens with two attached hydrogens (primary N) is 1. The van der Waals surface area contributed by atoms with Crippen LogP contribution < -0.4 is 10.6 Å². The van der Waals surface area contributed by atoms with E-state index in [0.29, 0.717) is 6.04 Å². The number of benzene rings is 1. The van der Waals surface area contributed by atoms with Gasteiger partial charge in [-0.25, -0.2) is 4.98 Å². The van der Waals surface area contributed by atoms with Crippen LogP contribution in [0.25, 0.3) is 10.9 Å². The maximum absolute atomic E-state index is 6.06. The van der Waals surface area contributed by atoms with Gasteiger partial charge >= 0.3 is 0 Å². The van der Waals surface area contributed by atoms with E-state index in [4.69, 9.17) is 10.7 Å². The van der Waals surface area contributed by atoms with Gasteiger partial charge in [0.1, 0.15) is 5.82 Å². The van der Waals surface area contributed by atoms with E-state index in [1.54, 1.807) is 0 Å². The minimum Gasteiger partial charge on any atom is -0.354 e. The van der Waals surface area contributed by atoms with Gasteiger partial charge in [0.2, 0.25) is 0 Å². The first kappa shape index (κ1) is 14.3. The lowest BCUT2D eigenvalue weighted by atomic mass is 10.00. The van der Waals surface area contributed by atoms with Gasteiger partial charge in [0.15, 0.2) is 0 Å². The molecule has 21 heavy (non-hydrogen) atoms. The van der Waals surface area contributed by atoms with Crippen LogP contribution in [-0.2, 0) is 6.42 Å². The highest BCUT2D eigenvalue weighted by Gasteiger charge is 2.22. The van der Waals surface area contributed by atoms with Crippen LogP contribution in [0.3, 0.4) is 0 Å². The molecular formula is C18H25N3. The van der Waals surface area contributed by atoms with E-state index >= 15 is 0 Å². The summed E-state index contributed by atoms with van der Waals surface area (Å²) in [6.07, 6.45) is 4.73. The molecule has 1 saturated heterocycles. The molecule has 0 radical (unpaired) electrons. The molecule has 1 fully saturated rings. The molecule has 2 N–H and O–H groups in total. The van der Waals surface area contributed by atoms with Crippen LogP contribution in [0.5, 0.6) is 0 Å². The third-order valence-corrected chi connectivity index (χ3v) is 4.40. The van der Waals surface area contributed by atoms with Gasteiger partial charge in [0.05, 0.1) is 5.52 Å². The average Bonchev–Trinajstić information content (AvgIpc) is 2.47. The van der Waals surface area contributed by atoms with Gasteiger partial charge in [0, 0.05) is 24.0 Å². The topological polar surface area (TPSA) is 42.1 Å². The predicted molar refractivity (Wildman–Crippen MR) is 89.8 cm³/mol. The molecule has 0 saturated carbocycles. The van der Waals surface area contributed by atoms with Crippen LogP contribution in [0, 0.1) is 0 Å². The fourth-order valence-corrected chi connectivity index (χ4v) is 3.31. The summed E-state index contributed by atoms with van der Waals surface area (Å²) >= 11 is 0. The molecule has 2 unspecified atom stereocenters. The molecular weight excluding hydrogens is 258 g/mol. The number of hydrogen-bond donors (Lipinski definition) is 1. The van der Waals surface area contributed by atoms with E-state index < -0.39 is 0 Å². The number of nitrogens with zero attached hydrogens (tertiary/aromatic N) is 2. The molecule has 0 spiro atoms. The zero-order chi connectivity index (χ0) is 14.8. The quantitative estimate of drug-likeness (QED) is 0.937. The van der Waals surface area contributed by atoms with Crippen molar-refractivity contribution in [2.45, 2.75) is 51.6 Å². The Morgan fingerprint density at radius 2 is 2.14 bits per heavy atom. The monoisotopic (exact) mass is 283 g/mol. The van der Waals surface area contributed by atoms with E-state index in [2.05, 4.69) is 49.1 Å². The van der Waals surface area contributed by atoms with Crippen LogP contribution in [0.15, 0.2) is 30.3 Å². The minimum atomic E-state index is 0.159. The van der Waals surface area contributed by atoms with Crippen molar-refractivity contribution in [3.05, 3.63) is 35.9 Å². The largest absolute Gasteiger partial charge is 0.354 e. The van der Waals surface area contributed by atoms with Gasteiger partial charge < -0.3 is 10.6 Å². The van der Waals surface area contributed by atoms with Gasteiger partial charge in [0.25, 0.3) is 0 Å². The van der Waals surface area contributed by atoms with Crippen LogP contribution in [-0.4, -0.2) is 23.6 Å². The van der Waals surface area contributed by atoms with Gasteiger partial charge in [-0.3, -0.25) is 0 Å². The van der Waals surface area contributed by atoms with Crippen molar-refractivity contribution < 1.29 is 0 Å². The number of anilines is 1.